The van der Waals surface area contributed by atoms with E-state index in [0.717, 1.165) is 42.9 Å². The van der Waals surface area contributed by atoms with Crippen LogP contribution >= 0.6 is 11.3 Å². The molecule has 1 fully saturated rings. The molecule has 3 nitrogen and oxygen atoms in total. The highest BCUT2D eigenvalue weighted by atomic mass is 32.1. The number of aromatic nitrogens is 2. The third-order valence-corrected chi connectivity index (χ3v) is 5.54. The summed E-state index contributed by atoms with van der Waals surface area (Å²) in [5, 5.41) is 9.55. The molecular formula is C19H20FN3S. The van der Waals surface area contributed by atoms with Crippen LogP contribution in [-0.4, -0.2) is 28.2 Å². The van der Waals surface area contributed by atoms with Crippen LogP contribution in [0.2, 0.25) is 0 Å². The van der Waals surface area contributed by atoms with Gasteiger partial charge in [0.25, 0.3) is 0 Å². The summed E-state index contributed by atoms with van der Waals surface area (Å²) in [4.78, 5) is 3.92. The largest absolute Gasteiger partial charge is 0.298 e. The first kappa shape index (κ1) is 15.5. The lowest BCUT2D eigenvalue weighted by atomic mass is 9.90. The Morgan fingerprint density at radius 1 is 1.29 bits per heavy atom. The van der Waals surface area contributed by atoms with Crippen LogP contribution in [0.4, 0.5) is 4.39 Å². The lowest BCUT2D eigenvalue weighted by Gasteiger charge is -2.32. The summed E-state index contributed by atoms with van der Waals surface area (Å²) < 4.78 is 13.6. The number of rotatable bonds is 4. The third kappa shape index (κ3) is 3.28. The van der Waals surface area contributed by atoms with Gasteiger partial charge in [0, 0.05) is 35.1 Å². The zero-order valence-corrected chi connectivity index (χ0v) is 14.2. The summed E-state index contributed by atoms with van der Waals surface area (Å²) in [5.41, 5.74) is 3.06. The van der Waals surface area contributed by atoms with Crippen LogP contribution in [0.15, 0.2) is 48.0 Å². The molecule has 1 aliphatic rings. The zero-order chi connectivity index (χ0) is 16.4. The molecule has 1 unspecified atom stereocenters. The van der Waals surface area contributed by atoms with Crippen molar-refractivity contribution in [1.82, 2.24) is 15.1 Å². The van der Waals surface area contributed by atoms with Crippen LogP contribution in [0.1, 0.15) is 29.3 Å². The van der Waals surface area contributed by atoms with E-state index in [1.165, 1.54) is 17.4 Å². The molecule has 24 heavy (non-hydrogen) atoms. The van der Waals surface area contributed by atoms with Crippen LogP contribution in [-0.2, 0) is 6.54 Å². The molecule has 3 heterocycles. The Hall–Kier alpha value is -1.98. The van der Waals surface area contributed by atoms with E-state index in [0.29, 0.717) is 5.92 Å². The highest BCUT2D eigenvalue weighted by Gasteiger charge is 2.25. The highest BCUT2D eigenvalue weighted by Crippen LogP contribution is 2.33. The van der Waals surface area contributed by atoms with Crippen molar-refractivity contribution in [2.24, 2.45) is 0 Å². The van der Waals surface area contributed by atoms with Gasteiger partial charge in [0.05, 0.1) is 6.20 Å². The fraction of sp³-hybridized carbons (Fsp3) is 0.316. The van der Waals surface area contributed by atoms with Crippen molar-refractivity contribution in [3.8, 4) is 11.1 Å². The van der Waals surface area contributed by atoms with E-state index in [1.807, 2.05) is 23.6 Å². The van der Waals surface area contributed by atoms with Gasteiger partial charge in [-0.25, -0.2) is 4.39 Å². The van der Waals surface area contributed by atoms with Crippen molar-refractivity contribution in [3.05, 3.63) is 64.4 Å². The van der Waals surface area contributed by atoms with Crippen molar-refractivity contribution >= 4 is 11.3 Å². The van der Waals surface area contributed by atoms with E-state index in [9.17, 15) is 4.39 Å². The molecule has 0 aliphatic carbocycles. The number of piperidine rings is 1. The second kappa shape index (κ2) is 6.87. The molecule has 1 N–H and O–H groups in total. The first-order valence-corrected chi connectivity index (χ1v) is 9.21. The quantitative estimate of drug-likeness (QED) is 0.748. The van der Waals surface area contributed by atoms with E-state index in [4.69, 9.17) is 0 Å². The molecule has 4 rings (SSSR count). The van der Waals surface area contributed by atoms with Gasteiger partial charge >= 0.3 is 0 Å². The van der Waals surface area contributed by atoms with Crippen LogP contribution in [0.3, 0.4) is 0 Å². The molecule has 1 aliphatic heterocycles. The first-order chi connectivity index (χ1) is 11.8. The Labute approximate surface area is 145 Å². The van der Waals surface area contributed by atoms with Crippen LogP contribution in [0.5, 0.6) is 0 Å². The predicted octanol–water partition coefficient (Wildman–Crippen LogP) is 4.66. The van der Waals surface area contributed by atoms with Crippen molar-refractivity contribution in [3.63, 3.8) is 0 Å². The highest BCUT2D eigenvalue weighted by molar-refractivity contribution is 7.09. The van der Waals surface area contributed by atoms with Gasteiger partial charge in [0.1, 0.15) is 5.82 Å². The van der Waals surface area contributed by atoms with Gasteiger partial charge in [0.15, 0.2) is 0 Å². The number of H-pyrrole nitrogens is 1. The molecule has 2 aromatic heterocycles. The number of nitrogens with one attached hydrogen (secondary N) is 1. The van der Waals surface area contributed by atoms with E-state index in [2.05, 4.69) is 32.6 Å². The van der Waals surface area contributed by atoms with Crippen LogP contribution in [0.25, 0.3) is 11.1 Å². The number of nitrogens with zero attached hydrogens (tertiary/aromatic N) is 2. The van der Waals surface area contributed by atoms with Gasteiger partial charge in [-0.1, -0.05) is 18.2 Å². The van der Waals surface area contributed by atoms with Gasteiger partial charge < -0.3 is 0 Å². The fourth-order valence-corrected chi connectivity index (χ4v) is 4.30. The van der Waals surface area contributed by atoms with Crippen LogP contribution in [0, 0.1) is 5.82 Å². The third-order valence-electron chi connectivity index (χ3n) is 4.68. The second-order valence-corrected chi connectivity index (χ2v) is 7.39. The van der Waals surface area contributed by atoms with Crippen LogP contribution < -0.4 is 0 Å². The summed E-state index contributed by atoms with van der Waals surface area (Å²) >= 11 is 1.81. The normalized spacial score (nSPS) is 18.8. The average Bonchev–Trinajstić information content (AvgIpc) is 3.26. The van der Waals surface area contributed by atoms with Crippen molar-refractivity contribution < 1.29 is 4.39 Å². The summed E-state index contributed by atoms with van der Waals surface area (Å²) in [6.45, 7) is 3.16. The zero-order valence-electron chi connectivity index (χ0n) is 13.4. The number of hydrogen-bond acceptors (Lipinski definition) is 3. The lowest BCUT2D eigenvalue weighted by Crippen LogP contribution is -2.34. The molecule has 124 valence electrons. The second-order valence-electron chi connectivity index (χ2n) is 6.36. The van der Waals surface area contributed by atoms with Gasteiger partial charge in [-0.15, -0.1) is 11.3 Å². The molecule has 0 saturated carbocycles. The maximum absolute atomic E-state index is 13.6. The number of hydrogen-bond donors (Lipinski definition) is 1. The SMILES string of the molecule is Fc1cccc(-c2cn[nH]c2C2CCCN(Cc3cccs3)C2)c1. The molecular weight excluding hydrogens is 321 g/mol. The standard InChI is InChI=1S/C19H20FN3S/c20-16-6-1-4-14(10-16)18-11-21-22-19(18)15-5-2-8-23(12-15)13-17-7-3-9-24-17/h1,3-4,6-7,9-11,15H,2,5,8,12-13H2,(H,21,22). The van der Waals surface area contributed by atoms with Gasteiger partial charge in [0.2, 0.25) is 0 Å². The Morgan fingerprint density at radius 3 is 3.08 bits per heavy atom. The van der Waals surface area contributed by atoms with E-state index in [-0.39, 0.29) is 5.82 Å². The Kier molecular flexibility index (Phi) is 4.45. The average molecular weight is 341 g/mol. The Bertz CT molecular complexity index is 797. The number of halogens is 1. The molecule has 5 heteroatoms. The number of thiophene rings is 1. The summed E-state index contributed by atoms with van der Waals surface area (Å²) in [6.07, 6.45) is 4.14. The van der Waals surface area contributed by atoms with E-state index >= 15 is 0 Å². The minimum Gasteiger partial charge on any atom is -0.298 e. The maximum atomic E-state index is 13.6. The molecule has 3 aromatic rings. The van der Waals surface area contributed by atoms with Gasteiger partial charge in [-0.3, -0.25) is 10.00 Å². The molecule has 1 aromatic carbocycles. The fourth-order valence-electron chi connectivity index (χ4n) is 3.55. The van der Waals surface area contributed by atoms with Crippen molar-refractivity contribution in [1.29, 1.82) is 0 Å². The predicted molar refractivity (Wildman–Crippen MR) is 95.6 cm³/mol. The topological polar surface area (TPSA) is 31.9 Å². The summed E-state index contributed by atoms with van der Waals surface area (Å²) in [6, 6.07) is 11.1. The minimum atomic E-state index is -0.206. The minimum absolute atomic E-state index is 0.206. The summed E-state index contributed by atoms with van der Waals surface area (Å²) in [5.74, 6) is 0.210. The Morgan fingerprint density at radius 2 is 2.25 bits per heavy atom. The molecule has 1 saturated heterocycles. The van der Waals surface area contributed by atoms with Gasteiger partial charge in [-0.2, -0.15) is 5.10 Å². The molecule has 0 bridgehead atoms. The molecule has 0 radical (unpaired) electrons. The number of likely N-dealkylation sites (tertiary alicyclic amines) is 1. The molecule has 0 amide bonds. The van der Waals surface area contributed by atoms with Crippen molar-refractivity contribution in [2.75, 3.05) is 13.1 Å². The molecule has 0 spiro atoms. The maximum Gasteiger partial charge on any atom is 0.123 e. The summed E-state index contributed by atoms with van der Waals surface area (Å²) in [7, 11) is 0. The smallest absolute Gasteiger partial charge is 0.123 e. The molecule has 1 atom stereocenters. The monoisotopic (exact) mass is 341 g/mol. The van der Waals surface area contributed by atoms with E-state index < -0.39 is 0 Å². The van der Waals surface area contributed by atoms with Crippen molar-refractivity contribution in [2.45, 2.75) is 25.3 Å². The number of aromatic amines is 1. The Balaban J connectivity index is 1.54. The lowest BCUT2D eigenvalue weighted by molar-refractivity contribution is 0.200. The van der Waals surface area contributed by atoms with E-state index in [1.54, 1.807) is 12.1 Å². The van der Waals surface area contributed by atoms with Gasteiger partial charge in [-0.05, 0) is 48.5 Å². The number of benzene rings is 1. The first-order valence-electron chi connectivity index (χ1n) is 8.33.